The van der Waals surface area contributed by atoms with Crippen molar-refractivity contribution < 1.29 is 4.79 Å². The van der Waals surface area contributed by atoms with Crippen LogP contribution in [0.1, 0.15) is 52.9 Å². The van der Waals surface area contributed by atoms with Crippen molar-refractivity contribution in [1.29, 1.82) is 0 Å². The highest BCUT2D eigenvalue weighted by Crippen LogP contribution is 2.30. The summed E-state index contributed by atoms with van der Waals surface area (Å²) in [6.45, 7) is 8.25. The van der Waals surface area contributed by atoms with Crippen molar-refractivity contribution in [3.63, 3.8) is 0 Å². The quantitative estimate of drug-likeness (QED) is 0.795. The summed E-state index contributed by atoms with van der Waals surface area (Å²) in [6.07, 6.45) is 4.61. The maximum absolute atomic E-state index is 12.6. The summed E-state index contributed by atoms with van der Waals surface area (Å²) in [5, 5.41) is 12.6. The molecule has 1 atom stereocenters. The Kier molecular flexibility index (Phi) is 5.69. The molecule has 140 valence electrons. The molecule has 2 heterocycles. The van der Waals surface area contributed by atoms with Crippen molar-refractivity contribution in [3.05, 3.63) is 30.3 Å². The summed E-state index contributed by atoms with van der Waals surface area (Å²) in [6, 6.07) is 10.2. The van der Waals surface area contributed by atoms with Gasteiger partial charge in [-0.25, -0.2) is 0 Å². The number of likely N-dealkylation sites (tertiary alicyclic amines) is 1. The molecule has 0 aliphatic carbocycles. The third kappa shape index (κ3) is 4.90. The Morgan fingerprint density at radius 2 is 2.00 bits per heavy atom. The van der Waals surface area contributed by atoms with Crippen LogP contribution in [0.25, 0.3) is 11.4 Å². The number of carbonyl (C=O) groups is 1. The molecular formula is C20H29N5O. The number of benzene rings is 1. The monoisotopic (exact) mass is 355 g/mol. The summed E-state index contributed by atoms with van der Waals surface area (Å²) in [5.41, 5.74) is 1.21. The van der Waals surface area contributed by atoms with Gasteiger partial charge in [-0.3, -0.25) is 4.79 Å². The van der Waals surface area contributed by atoms with E-state index in [2.05, 4.69) is 41.1 Å². The zero-order valence-electron chi connectivity index (χ0n) is 16.1. The van der Waals surface area contributed by atoms with Gasteiger partial charge in [0.25, 0.3) is 0 Å². The second kappa shape index (κ2) is 7.98. The lowest BCUT2D eigenvalue weighted by Gasteiger charge is -2.30. The number of aromatic nitrogens is 4. The molecule has 1 unspecified atom stereocenters. The summed E-state index contributed by atoms with van der Waals surface area (Å²) in [7, 11) is 0. The van der Waals surface area contributed by atoms with Crippen molar-refractivity contribution in [1.82, 2.24) is 25.1 Å². The van der Waals surface area contributed by atoms with E-state index < -0.39 is 0 Å². The normalized spacial score (nSPS) is 17.7. The van der Waals surface area contributed by atoms with Crippen LogP contribution in [0.3, 0.4) is 0 Å². The van der Waals surface area contributed by atoms with Crippen molar-refractivity contribution >= 4 is 5.91 Å². The maximum atomic E-state index is 12.6. The van der Waals surface area contributed by atoms with E-state index in [9.17, 15) is 4.79 Å². The predicted molar refractivity (Wildman–Crippen MR) is 101 cm³/mol. The molecule has 1 aromatic carbocycles. The van der Waals surface area contributed by atoms with E-state index in [0.717, 1.165) is 37.8 Å². The lowest BCUT2D eigenvalue weighted by atomic mass is 9.87. The van der Waals surface area contributed by atoms with Crippen LogP contribution in [0.2, 0.25) is 0 Å². The number of carbonyl (C=O) groups excluding carboxylic acids is 1. The molecule has 1 fully saturated rings. The summed E-state index contributed by atoms with van der Waals surface area (Å²) >= 11 is 0. The fraction of sp³-hybridized carbons (Fsp3) is 0.600. The highest BCUT2D eigenvalue weighted by molar-refractivity contribution is 5.76. The van der Waals surface area contributed by atoms with E-state index >= 15 is 0 Å². The molecule has 0 radical (unpaired) electrons. The van der Waals surface area contributed by atoms with Gasteiger partial charge in [-0.2, -0.15) is 4.80 Å². The molecule has 26 heavy (non-hydrogen) atoms. The minimum Gasteiger partial charge on any atom is -0.340 e. The SMILES string of the molecule is CC(C)(C)CC1CCCN1C(=O)CCCn1nnc(-c2ccccc2)n1. The number of hydrogen-bond donors (Lipinski definition) is 0. The zero-order chi connectivity index (χ0) is 18.6. The summed E-state index contributed by atoms with van der Waals surface area (Å²) in [5.74, 6) is 0.891. The third-order valence-corrected chi connectivity index (χ3v) is 4.78. The number of aryl methyl sites for hydroxylation is 1. The Bertz CT molecular complexity index is 719. The highest BCUT2D eigenvalue weighted by Gasteiger charge is 2.31. The summed E-state index contributed by atoms with van der Waals surface area (Å²) in [4.78, 5) is 16.3. The third-order valence-electron chi connectivity index (χ3n) is 4.78. The Morgan fingerprint density at radius 1 is 1.23 bits per heavy atom. The van der Waals surface area contributed by atoms with Gasteiger partial charge < -0.3 is 4.90 Å². The Hall–Kier alpha value is -2.24. The van der Waals surface area contributed by atoms with Crippen molar-refractivity contribution in [3.8, 4) is 11.4 Å². The first-order chi connectivity index (χ1) is 12.4. The number of tetrazole rings is 1. The van der Waals surface area contributed by atoms with Crippen molar-refractivity contribution in [2.24, 2.45) is 5.41 Å². The molecule has 1 saturated heterocycles. The molecule has 0 N–H and O–H groups in total. The fourth-order valence-electron chi connectivity index (χ4n) is 3.64. The molecule has 0 spiro atoms. The van der Waals surface area contributed by atoms with Crippen molar-refractivity contribution in [2.75, 3.05) is 6.54 Å². The average molecular weight is 355 g/mol. The first-order valence-electron chi connectivity index (χ1n) is 9.55. The van der Waals surface area contributed by atoms with E-state index in [1.165, 1.54) is 0 Å². The lowest BCUT2D eigenvalue weighted by Crippen LogP contribution is -2.37. The van der Waals surface area contributed by atoms with Gasteiger partial charge in [0.2, 0.25) is 11.7 Å². The van der Waals surface area contributed by atoms with Crippen LogP contribution >= 0.6 is 0 Å². The number of hydrogen-bond acceptors (Lipinski definition) is 4. The Morgan fingerprint density at radius 3 is 2.73 bits per heavy atom. The van der Waals surface area contributed by atoms with Gasteiger partial charge in [-0.05, 0) is 36.3 Å². The number of nitrogens with zero attached hydrogens (tertiary/aromatic N) is 5. The topological polar surface area (TPSA) is 63.9 Å². The van der Waals surface area contributed by atoms with Gasteiger partial charge in [0.15, 0.2) is 0 Å². The van der Waals surface area contributed by atoms with E-state index in [1.807, 2.05) is 30.3 Å². The second-order valence-corrected chi connectivity index (χ2v) is 8.33. The predicted octanol–water partition coefficient (Wildman–Crippen LogP) is 3.55. The van der Waals surface area contributed by atoms with Gasteiger partial charge in [0, 0.05) is 24.6 Å². The molecule has 1 aliphatic rings. The molecule has 1 amide bonds. The van der Waals surface area contributed by atoms with Gasteiger partial charge in [-0.1, -0.05) is 51.1 Å². The molecule has 2 aromatic rings. The van der Waals surface area contributed by atoms with Gasteiger partial charge in [0.05, 0.1) is 6.54 Å². The van der Waals surface area contributed by atoms with Crippen LogP contribution < -0.4 is 0 Å². The van der Waals surface area contributed by atoms with Gasteiger partial charge in [-0.15, -0.1) is 10.2 Å². The van der Waals surface area contributed by atoms with Crippen LogP contribution in [-0.2, 0) is 11.3 Å². The van der Waals surface area contributed by atoms with Gasteiger partial charge >= 0.3 is 0 Å². The lowest BCUT2D eigenvalue weighted by molar-refractivity contribution is -0.132. The second-order valence-electron chi connectivity index (χ2n) is 8.33. The minimum atomic E-state index is 0.256. The van der Waals surface area contributed by atoms with E-state index in [0.29, 0.717) is 24.8 Å². The van der Waals surface area contributed by atoms with E-state index in [4.69, 9.17) is 0 Å². The average Bonchev–Trinajstić information content (AvgIpc) is 3.23. The molecule has 6 nitrogen and oxygen atoms in total. The van der Waals surface area contributed by atoms with Crippen LogP contribution in [0.15, 0.2) is 30.3 Å². The van der Waals surface area contributed by atoms with Crippen molar-refractivity contribution in [2.45, 2.75) is 65.5 Å². The number of amides is 1. The molecule has 0 bridgehead atoms. The first kappa shape index (κ1) is 18.5. The van der Waals surface area contributed by atoms with E-state index in [1.54, 1.807) is 4.80 Å². The fourth-order valence-corrected chi connectivity index (χ4v) is 3.64. The highest BCUT2D eigenvalue weighted by atomic mass is 16.2. The largest absolute Gasteiger partial charge is 0.340 e. The molecule has 6 heteroatoms. The van der Waals surface area contributed by atoms with Crippen LogP contribution in [0.5, 0.6) is 0 Å². The van der Waals surface area contributed by atoms with Gasteiger partial charge in [0.1, 0.15) is 0 Å². The number of rotatable bonds is 6. The standard InChI is InChI=1S/C20H29N5O/c1-20(2,3)15-17-11-7-13-24(17)18(26)12-8-14-25-22-19(21-23-25)16-9-5-4-6-10-16/h4-6,9-10,17H,7-8,11-15H2,1-3H3. The molecule has 1 aliphatic heterocycles. The smallest absolute Gasteiger partial charge is 0.222 e. The Balaban J connectivity index is 1.49. The molecule has 3 rings (SSSR count). The first-order valence-corrected chi connectivity index (χ1v) is 9.55. The molecule has 1 aromatic heterocycles. The molecule has 0 saturated carbocycles. The Labute approximate surface area is 155 Å². The maximum Gasteiger partial charge on any atom is 0.222 e. The van der Waals surface area contributed by atoms with E-state index in [-0.39, 0.29) is 11.3 Å². The van der Waals surface area contributed by atoms with Crippen LogP contribution in [-0.4, -0.2) is 43.6 Å². The minimum absolute atomic E-state index is 0.256. The molecular weight excluding hydrogens is 326 g/mol. The summed E-state index contributed by atoms with van der Waals surface area (Å²) < 4.78 is 0. The van der Waals surface area contributed by atoms with Crippen LogP contribution in [0, 0.1) is 5.41 Å². The zero-order valence-corrected chi connectivity index (χ0v) is 16.1. The van der Waals surface area contributed by atoms with Crippen LogP contribution in [0.4, 0.5) is 0 Å².